The number of primary sulfonamides is 1. The molecule has 6 nitrogen and oxygen atoms in total. The summed E-state index contributed by atoms with van der Waals surface area (Å²) in [5, 5.41) is 5.12. The molecule has 0 saturated carbocycles. The maximum absolute atomic E-state index is 12.9. The Kier molecular flexibility index (Phi) is 5.95. The molecule has 0 aliphatic carbocycles. The number of nitrogens with two attached hydrogens (primary N) is 1. The molecule has 28 heavy (non-hydrogen) atoms. The van der Waals surface area contributed by atoms with Crippen LogP contribution in [-0.2, 0) is 26.5 Å². The van der Waals surface area contributed by atoms with Crippen molar-refractivity contribution in [2.75, 3.05) is 0 Å². The van der Waals surface area contributed by atoms with Crippen molar-refractivity contribution >= 4 is 20.0 Å². The van der Waals surface area contributed by atoms with Gasteiger partial charge in [-0.2, -0.15) is 0 Å². The number of nitrogens with one attached hydrogen (secondary N) is 1. The van der Waals surface area contributed by atoms with Gasteiger partial charge >= 0.3 is 0 Å². The Labute approximate surface area is 165 Å². The second kappa shape index (κ2) is 8.24. The average molecular weight is 417 g/mol. The summed E-state index contributed by atoms with van der Waals surface area (Å²) in [6.45, 7) is 0. The summed E-state index contributed by atoms with van der Waals surface area (Å²) in [5.41, 5.74) is 1.77. The first-order chi connectivity index (χ1) is 13.3. The van der Waals surface area contributed by atoms with E-state index >= 15 is 0 Å². The predicted octanol–water partition coefficient (Wildman–Crippen LogP) is 2.60. The smallest absolute Gasteiger partial charge is 0.225 e. The molecule has 0 amide bonds. The van der Waals surface area contributed by atoms with Gasteiger partial charge in [0.15, 0.2) is 0 Å². The van der Waals surface area contributed by atoms with Gasteiger partial charge in [0, 0.05) is 0 Å². The van der Waals surface area contributed by atoms with Gasteiger partial charge in [-0.25, -0.2) is 26.7 Å². The lowest BCUT2D eigenvalue weighted by molar-refractivity contribution is 0.554. The van der Waals surface area contributed by atoms with Crippen LogP contribution in [0, 0.1) is 0 Å². The predicted molar refractivity (Wildman–Crippen MR) is 107 cm³/mol. The molecule has 0 saturated heterocycles. The highest BCUT2D eigenvalue weighted by molar-refractivity contribution is 7.90. The normalized spacial score (nSPS) is 13.2. The van der Waals surface area contributed by atoms with E-state index in [1.165, 1.54) is 18.2 Å². The first-order valence-electron chi connectivity index (χ1n) is 8.50. The van der Waals surface area contributed by atoms with Crippen molar-refractivity contribution < 1.29 is 16.8 Å². The fourth-order valence-corrected chi connectivity index (χ4v) is 4.74. The maximum atomic E-state index is 12.9. The van der Waals surface area contributed by atoms with E-state index in [-0.39, 0.29) is 9.79 Å². The molecular weight excluding hydrogens is 396 g/mol. The molecule has 3 N–H and O–H groups in total. The van der Waals surface area contributed by atoms with Crippen LogP contribution in [0.2, 0.25) is 0 Å². The zero-order valence-corrected chi connectivity index (χ0v) is 16.5. The lowest BCUT2D eigenvalue weighted by Gasteiger charge is -2.20. The van der Waals surface area contributed by atoms with Crippen LogP contribution in [0.25, 0.3) is 0 Å². The summed E-state index contributed by atoms with van der Waals surface area (Å²) in [6.07, 6.45) is 0.443. The van der Waals surface area contributed by atoms with Crippen LogP contribution in [0.3, 0.4) is 0 Å². The van der Waals surface area contributed by atoms with E-state index in [2.05, 4.69) is 4.72 Å². The molecule has 0 radical (unpaired) electrons. The molecule has 0 spiro atoms. The van der Waals surface area contributed by atoms with E-state index in [4.69, 9.17) is 5.14 Å². The van der Waals surface area contributed by atoms with Crippen molar-refractivity contribution in [2.45, 2.75) is 22.3 Å². The Morgan fingerprint density at radius 3 is 1.93 bits per heavy atom. The molecule has 0 aromatic heterocycles. The van der Waals surface area contributed by atoms with E-state index in [1.54, 1.807) is 0 Å². The van der Waals surface area contributed by atoms with E-state index in [9.17, 15) is 16.8 Å². The monoisotopic (exact) mass is 416 g/mol. The molecule has 0 heterocycles. The average Bonchev–Trinajstić information content (AvgIpc) is 2.68. The third-order valence-corrected chi connectivity index (χ3v) is 6.61. The van der Waals surface area contributed by atoms with E-state index in [0.717, 1.165) is 17.2 Å². The number of benzene rings is 3. The maximum Gasteiger partial charge on any atom is 0.241 e. The fraction of sp³-hybridized carbons (Fsp3) is 0.100. The van der Waals surface area contributed by atoms with E-state index in [0.29, 0.717) is 6.42 Å². The molecule has 1 atom stereocenters. The van der Waals surface area contributed by atoms with Crippen molar-refractivity contribution in [3.8, 4) is 0 Å². The fourth-order valence-electron chi connectivity index (χ4n) is 2.84. The molecule has 8 heteroatoms. The minimum Gasteiger partial charge on any atom is -0.225 e. The Bertz CT molecular complexity index is 1150. The Morgan fingerprint density at radius 1 is 0.750 bits per heavy atom. The molecule has 0 fully saturated rings. The van der Waals surface area contributed by atoms with Gasteiger partial charge in [0.2, 0.25) is 20.0 Å². The van der Waals surface area contributed by atoms with Crippen molar-refractivity contribution in [3.05, 3.63) is 96.1 Å². The van der Waals surface area contributed by atoms with Crippen LogP contribution in [0.15, 0.2) is 94.7 Å². The molecule has 0 aliphatic rings. The first kappa shape index (κ1) is 20.2. The van der Waals surface area contributed by atoms with Crippen LogP contribution in [0.1, 0.15) is 17.2 Å². The quantitative estimate of drug-likeness (QED) is 0.617. The second-order valence-corrected chi connectivity index (χ2v) is 9.57. The van der Waals surface area contributed by atoms with Gasteiger partial charge < -0.3 is 0 Å². The lowest BCUT2D eigenvalue weighted by atomic mass is 10.00. The van der Waals surface area contributed by atoms with Crippen molar-refractivity contribution in [3.63, 3.8) is 0 Å². The Balaban J connectivity index is 1.96. The molecular formula is C20H20N2O4S2. The molecule has 3 aromatic carbocycles. The minimum absolute atomic E-state index is 0.159. The molecule has 3 aromatic rings. The van der Waals surface area contributed by atoms with Gasteiger partial charge in [0.05, 0.1) is 15.8 Å². The number of hydrogen-bond donors (Lipinski definition) is 2. The zero-order chi connectivity index (χ0) is 20.2. The molecule has 146 valence electrons. The van der Waals surface area contributed by atoms with E-state index < -0.39 is 26.1 Å². The summed E-state index contributed by atoms with van der Waals surface area (Å²) in [6, 6.07) is 23.2. The summed E-state index contributed by atoms with van der Waals surface area (Å²) < 4.78 is 51.7. The number of rotatable bonds is 7. The van der Waals surface area contributed by atoms with Crippen LogP contribution < -0.4 is 9.86 Å². The van der Waals surface area contributed by atoms with Gasteiger partial charge in [0.25, 0.3) is 0 Å². The van der Waals surface area contributed by atoms with Crippen LogP contribution >= 0.6 is 0 Å². The number of hydrogen-bond acceptors (Lipinski definition) is 4. The summed E-state index contributed by atoms with van der Waals surface area (Å²) in [7, 11) is -7.99. The topological polar surface area (TPSA) is 106 Å². The molecule has 0 bridgehead atoms. The third kappa shape index (κ3) is 5.05. The van der Waals surface area contributed by atoms with Crippen molar-refractivity contribution in [2.24, 2.45) is 5.14 Å². The standard InChI is InChI=1S/C20H20N2O4S2/c21-27(23,24)18-12-7-13-19(15-18)28(25,26)22-20(17-10-5-2-6-11-17)14-16-8-3-1-4-9-16/h1-13,15,20,22H,14H2,(H2,21,23,24). The number of sulfonamides is 2. The van der Waals surface area contributed by atoms with Crippen molar-refractivity contribution in [1.29, 1.82) is 0 Å². The van der Waals surface area contributed by atoms with Gasteiger partial charge in [-0.3, -0.25) is 0 Å². The zero-order valence-electron chi connectivity index (χ0n) is 14.9. The van der Waals surface area contributed by atoms with Gasteiger partial charge in [0.1, 0.15) is 0 Å². The van der Waals surface area contributed by atoms with Gasteiger partial charge in [-0.1, -0.05) is 66.7 Å². The van der Waals surface area contributed by atoms with Crippen LogP contribution in [-0.4, -0.2) is 16.8 Å². The SMILES string of the molecule is NS(=O)(=O)c1cccc(S(=O)(=O)NC(Cc2ccccc2)c2ccccc2)c1. The third-order valence-electron chi connectivity index (χ3n) is 4.23. The van der Waals surface area contributed by atoms with Crippen LogP contribution in [0.4, 0.5) is 0 Å². The molecule has 1 unspecified atom stereocenters. The minimum atomic E-state index is -4.01. The molecule has 3 rings (SSSR count). The van der Waals surface area contributed by atoms with E-state index in [1.807, 2.05) is 60.7 Å². The Morgan fingerprint density at radius 2 is 1.32 bits per heavy atom. The van der Waals surface area contributed by atoms with Gasteiger partial charge in [-0.05, 0) is 35.7 Å². The highest BCUT2D eigenvalue weighted by atomic mass is 32.2. The highest BCUT2D eigenvalue weighted by Gasteiger charge is 2.23. The summed E-state index contributed by atoms with van der Waals surface area (Å²) in [4.78, 5) is -0.414. The van der Waals surface area contributed by atoms with Crippen molar-refractivity contribution in [1.82, 2.24) is 4.72 Å². The molecule has 0 aliphatic heterocycles. The highest BCUT2D eigenvalue weighted by Crippen LogP contribution is 2.22. The Hall–Kier alpha value is -2.52. The first-order valence-corrected chi connectivity index (χ1v) is 11.5. The largest absolute Gasteiger partial charge is 0.241 e. The van der Waals surface area contributed by atoms with Crippen LogP contribution in [0.5, 0.6) is 0 Å². The van der Waals surface area contributed by atoms with Gasteiger partial charge in [-0.15, -0.1) is 0 Å². The lowest BCUT2D eigenvalue weighted by Crippen LogP contribution is -2.30. The summed E-state index contributed by atoms with van der Waals surface area (Å²) >= 11 is 0. The second-order valence-electron chi connectivity index (χ2n) is 6.29. The summed E-state index contributed by atoms with van der Waals surface area (Å²) in [5.74, 6) is 0.